The quantitative estimate of drug-likeness (QED) is 0.331. The summed E-state index contributed by atoms with van der Waals surface area (Å²) in [6, 6.07) is 21.4. The molecule has 6 nitrogen and oxygen atoms in total. The van der Waals surface area contributed by atoms with Gasteiger partial charge in [-0.1, -0.05) is 59.6 Å². The Morgan fingerprint density at radius 3 is 2.20 bits per heavy atom. The number of halogens is 2. The lowest BCUT2D eigenvalue weighted by Gasteiger charge is -2.08. The SMILES string of the molecule is O=C(N/N=C\c1c(Cl)cccc1Cl)C(=O)Nc1ccc(OCc2ccccc2)cc1. The van der Waals surface area contributed by atoms with Gasteiger partial charge in [0.1, 0.15) is 12.4 Å². The smallest absolute Gasteiger partial charge is 0.329 e. The number of hydrogen-bond acceptors (Lipinski definition) is 4. The van der Waals surface area contributed by atoms with Crippen LogP contribution in [0.1, 0.15) is 11.1 Å². The van der Waals surface area contributed by atoms with Crippen molar-refractivity contribution >= 4 is 46.9 Å². The Hall–Kier alpha value is -3.35. The zero-order valence-electron chi connectivity index (χ0n) is 15.6. The fraction of sp³-hybridized carbons (Fsp3) is 0.0455. The summed E-state index contributed by atoms with van der Waals surface area (Å²) < 4.78 is 5.68. The maximum Gasteiger partial charge on any atom is 0.329 e. The molecule has 0 bridgehead atoms. The highest BCUT2D eigenvalue weighted by Crippen LogP contribution is 2.22. The first-order valence-electron chi connectivity index (χ1n) is 8.88. The zero-order valence-corrected chi connectivity index (χ0v) is 17.2. The molecule has 2 N–H and O–H groups in total. The van der Waals surface area contributed by atoms with E-state index in [9.17, 15) is 9.59 Å². The molecular weight excluding hydrogens is 425 g/mol. The number of anilines is 1. The number of hydrogen-bond donors (Lipinski definition) is 2. The summed E-state index contributed by atoms with van der Waals surface area (Å²) in [4.78, 5) is 23.9. The predicted molar refractivity (Wildman–Crippen MR) is 118 cm³/mol. The number of hydrazone groups is 1. The molecule has 0 aliphatic heterocycles. The molecule has 0 aliphatic carbocycles. The van der Waals surface area contributed by atoms with Gasteiger partial charge < -0.3 is 10.1 Å². The fourth-order valence-corrected chi connectivity index (χ4v) is 2.90. The Bertz CT molecular complexity index is 1030. The molecule has 152 valence electrons. The summed E-state index contributed by atoms with van der Waals surface area (Å²) >= 11 is 12.0. The maximum atomic E-state index is 12.0. The molecule has 2 amide bonds. The summed E-state index contributed by atoms with van der Waals surface area (Å²) in [5.41, 5.74) is 4.06. The van der Waals surface area contributed by atoms with Gasteiger partial charge in [-0.2, -0.15) is 5.10 Å². The molecule has 0 atom stereocenters. The van der Waals surface area contributed by atoms with Crippen LogP contribution in [-0.2, 0) is 16.2 Å². The van der Waals surface area contributed by atoms with E-state index in [0.29, 0.717) is 33.7 Å². The van der Waals surface area contributed by atoms with Crippen molar-refractivity contribution in [3.8, 4) is 5.75 Å². The molecule has 3 rings (SSSR count). The van der Waals surface area contributed by atoms with E-state index in [-0.39, 0.29) is 0 Å². The number of carbonyl (C=O) groups is 2. The van der Waals surface area contributed by atoms with Crippen molar-refractivity contribution in [2.75, 3.05) is 5.32 Å². The first-order chi connectivity index (χ1) is 14.5. The summed E-state index contributed by atoms with van der Waals surface area (Å²) in [5, 5.41) is 6.95. The van der Waals surface area contributed by atoms with Crippen molar-refractivity contribution in [1.82, 2.24) is 5.43 Å². The second kappa shape index (κ2) is 10.4. The van der Waals surface area contributed by atoms with E-state index >= 15 is 0 Å². The van der Waals surface area contributed by atoms with Crippen LogP contribution in [-0.4, -0.2) is 18.0 Å². The van der Waals surface area contributed by atoms with E-state index in [1.54, 1.807) is 42.5 Å². The molecule has 0 spiro atoms. The third kappa shape index (κ3) is 6.07. The summed E-state index contributed by atoms with van der Waals surface area (Å²) in [6.45, 7) is 0.433. The Balaban J connectivity index is 1.50. The zero-order chi connectivity index (χ0) is 21.3. The minimum atomic E-state index is -0.932. The van der Waals surface area contributed by atoms with Crippen molar-refractivity contribution in [3.63, 3.8) is 0 Å². The average Bonchev–Trinajstić information content (AvgIpc) is 2.76. The summed E-state index contributed by atoms with van der Waals surface area (Å²) in [5.74, 6) is -1.16. The molecule has 0 radical (unpaired) electrons. The van der Waals surface area contributed by atoms with Crippen LogP contribution in [0.3, 0.4) is 0 Å². The van der Waals surface area contributed by atoms with Crippen LogP contribution in [0.25, 0.3) is 0 Å². The number of carbonyl (C=O) groups excluding carboxylic acids is 2. The van der Waals surface area contributed by atoms with Crippen LogP contribution < -0.4 is 15.5 Å². The molecule has 0 saturated carbocycles. The van der Waals surface area contributed by atoms with Crippen molar-refractivity contribution in [1.29, 1.82) is 0 Å². The largest absolute Gasteiger partial charge is 0.489 e. The van der Waals surface area contributed by atoms with Crippen LogP contribution in [0.5, 0.6) is 5.75 Å². The van der Waals surface area contributed by atoms with E-state index in [1.165, 1.54) is 6.21 Å². The van der Waals surface area contributed by atoms with Gasteiger partial charge in [0, 0.05) is 11.3 Å². The molecule has 0 heterocycles. The minimum absolute atomic E-state index is 0.375. The fourth-order valence-electron chi connectivity index (χ4n) is 2.40. The standard InChI is InChI=1S/C22H17Cl2N3O3/c23-19-7-4-8-20(24)18(19)13-25-27-22(29)21(28)26-16-9-11-17(12-10-16)30-14-15-5-2-1-3-6-15/h1-13H,14H2,(H,26,28)(H,27,29)/b25-13-. The van der Waals surface area contributed by atoms with Gasteiger partial charge in [0.05, 0.1) is 16.3 Å². The number of nitrogens with zero attached hydrogens (tertiary/aromatic N) is 1. The molecule has 0 saturated heterocycles. The maximum absolute atomic E-state index is 12.0. The van der Waals surface area contributed by atoms with Crippen molar-refractivity contribution in [2.45, 2.75) is 6.61 Å². The second-order valence-electron chi connectivity index (χ2n) is 6.09. The molecule has 0 aliphatic rings. The van der Waals surface area contributed by atoms with E-state index in [2.05, 4.69) is 15.8 Å². The number of amides is 2. The molecule has 0 aromatic heterocycles. The van der Waals surface area contributed by atoms with Gasteiger partial charge in [-0.15, -0.1) is 0 Å². The number of ether oxygens (including phenoxy) is 1. The molecule has 0 fully saturated rings. The highest BCUT2D eigenvalue weighted by atomic mass is 35.5. The van der Waals surface area contributed by atoms with Crippen LogP contribution in [0.2, 0.25) is 10.0 Å². The number of rotatable bonds is 6. The topological polar surface area (TPSA) is 79.8 Å². The monoisotopic (exact) mass is 441 g/mol. The third-order valence-corrected chi connectivity index (χ3v) is 4.59. The predicted octanol–water partition coefficient (Wildman–Crippen LogP) is 4.66. The second-order valence-corrected chi connectivity index (χ2v) is 6.90. The van der Waals surface area contributed by atoms with Gasteiger partial charge in [0.2, 0.25) is 0 Å². The summed E-state index contributed by atoms with van der Waals surface area (Å²) in [7, 11) is 0. The van der Waals surface area contributed by atoms with Gasteiger partial charge in [-0.05, 0) is 42.0 Å². The first kappa shape index (κ1) is 21.4. The Morgan fingerprint density at radius 2 is 1.53 bits per heavy atom. The molecule has 8 heteroatoms. The van der Waals surface area contributed by atoms with E-state index < -0.39 is 11.8 Å². The van der Waals surface area contributed by atoms with Crippen LogP contribution >= 0.6 is 23.2 Å². The van der Waals surface area contributed by atoms with Crippen molar-refractivity contribution in [3.05, 3.63) is 94.0 Å². The van der Waals surface area contributed by atoms with Crippen LogP contribution in [0, 0.1) is 0 Å². The Morgan fingerprint density at radius 1 is 0.867 bits per heavy atom. The van der Waals surface area contributed by atoms with Gasteiger partial charge in [-0.25, -0.2) is 5.43 Å². The summed E-state index contributed by atoms with van der Waals surface area (Å²) in [6.07, 6.45) is 1.27. The van der Waals surface area contributed by atoms with Crippen molar-refractivity contribution in [2.24, 2.45) is 5.10 Å². The Labute approximate surface area is 183 Å². The van der Waals surface area contributed by atoms with E-state index in [0.717, 1.165) is 5.56 Å². The van der Waals surface area contributed by atoms with E-state index in [4.69, 9.17) is 27.9 Å². The lowest BCUT2D eigenvalue weighted by Crippen LogP contribution is -2.32. The molecule has 3 aromatic carbocycles. The van der Waals surface area contributed by atoms with Gasteiger partial charge >= 0.3 is 11.8 Å². The average molecular weight is 442 g/mol. The number of benzene rings is 3. The molecule has 3 aromatic rings. The lowest BCUT2D eigenvalue weighted by molar-refractivity contribution is -0.136. The van der Waals surface area contributed by atoms with Crippen LogP contribution in [0.4, 0.5) is 5.69 Å². The Kier molecular flexibility index (Phi) is 7.43. The van der Waals surface area contributed by atoms with Crippen molar-refractivity contribution < 1.29 is 14.3 Å². The molecular formula is C22H17Cl2N3O3. The lowest BCUT2D eigenvalue weighted by atomic mass is 10.2. The highest BCUT2D eigenvalue weighted by Gasteiger charge is 2.13. The molecule has 30 heavy (non-hydrogen) atoms. The van der Waals surface area contributed by atoms with E-state index in [1.807, 2.05) is 30.3 Å². The van der Waals surface area contributed by atoms with Gasteiger partial charge in [0.15, 0.2) is 0 Å². The van der Waals surface area contributed by atoms with Gasteiger partial charge in [0.25, 0.3) is 0 Å². The van der Waals surface area contributed by atoms with Crippen LogP contribution in [0.15, 0.2) is 77.9 Å². The normalized spacial score (nSPS) is 10.6. The highest BCUT2D eigenvalue weighted by molar-refractivity contribution is 6.40. The minimum Gasteiger partial charge on any atom is -0.489 e. The number of nitrogens with one attached hydrogen (secondary N) is 2. The molecule has 0 unspecified atom stereocenters. The van der Waals surface area contributed by atoms with Gasteiger partial charge in [-0.3, -0.25) is 9.59 Å². The third-order valence-electron chi connectivity index (χ3n) is 3.93. The first-order valence-corrected chi connectivity index (χ1v) is 9.64.